The van der Waals surface area contributed by atoms with Crippen LogP contribution in [-0.4, -0.2) is 26.9 Å². The second kappa shape index (κ2) is 7.78. The van der Waals surface area contributed by atoms with Crippen molar-refractivity contribution >= 4 is 34.4 Å². The second-order valence-corrected chi connectivity index (χ2v) is 7.80. The number of nitrogens with one attached hydrogen (secondary N) is 1. The summed E-state index contributed by atoms with van der Waals surface area (Å²) in [5.41, 5.74) is 2.00. The van der Waals surface area contributed by atoms with Crippen LogP contribution in [0.3, 0.4) is 0 Å². The molecule has 2 aromatic rings. The minimum atomic E-state index is -0.322. The van der Waals surface area contributed by atoms with Crippen molar-refractivity contribution in [3.8, 4) is 0 Å². The molecule has 0 spiro atoms. The number of carbonyl (C=O) groups excluding carboxylic acids is 2. The van der Waals surface area contributed by atoms with Crippen LogP contribution in [0.15, 0.2) is 30.5 Å². The highest BCUT2D eigenvalue weighted by atomic mass is 32.1. The van der Waals surface area contributed by atoms with E-state index in [-0.39, 0.29) is 24.3 Å². The van der Waals surface area contributed by atoms with E-state index in [0.29, 0.717) is 11.0 Å². The SMILES string of the molecule is CC(=O)N1C=Cc2ccccc2C1CC(=O)Nc1nnc(CC(C)C)s1. The van der Waals surface area contributed by atoms with Crippen LogP contribution in [0, 0.1) is 5.92 Å². The first-order valence-corrected chi connectivity index (χ1v) is 9.44. The summed E-state index contributed by atoms with van der Waals surface area (Å²) in [5.74, 6) is 0.212. The summed E-state index contributed by atoms with van der Waals surface area (Å²) < 4.78 is 0. The second-order valence-electron chi connectivity index (χ2n) is 6.74. The van der Waals surface area contributed by atoms with Crippen LogP contribution in [0.2, 0.25) is 0 Å². The molecule has 0 saturated heterocycles. The predicted molar refractivity (Wildman–Crippen MR) is 102 cm³/mol. The molecule has 1 unspecified atom stereocenters. The van der Waals surface area contributed by atoms with Crippen molar-refractivity contribution in [3.63, 3.8) is 0 Å². The molecule has 26 heavy (non-hydrogen) atoms. The van der Waals surface area contributed by atoms with E-state index in [0.717, 1.165) is 22.6 Å². The Balaban J connectivity index is 1.73. The minimum absolute atomic E-state index is 0.0938. The lowest BCUT2D eigenvalue weighted by molar-refractivity contribution is -0.129. The fourth-order valence-corrected chi connectivity index (χ4v) is 3.96. The maximum atomic E-state index is 12.6. The van der Waals surface area contributed by atoms with Crippen molar-refractivity contribution in [1.29, 1.82) is 0 Å². The van der Waals surface area contributed by atoms with E-state index in [2.05, 4.69) is 29.4 Å². The summed E-state index contributed by atoms with van der Waals surface area (Å²) in [6.45, 7) is 5.74. The summed E-state index contributed by atoms with van der Waals surface area (Å²) in [4.78, 5) is 26.1. The Morgan fingerprint density at radius 3 is 2.77 bits per heavy atom. The molecular weight excluding hydrogens is 348 g/mol. The number of carbonyl (C=O) groups is 2. The normalized spacial score (nSPS) is 15.8. The minimum Gasteiger partial charge on any atom is -0.311 e. The summed E-state index contributed by atoms with van der Waals surface area (Å²) in [6, 6.07) is 7.48. The van der Waals surface area contributed by atoms with Gasteiger partial charge < -0.3 is 10.2 Å². The largest absolute Gasteiger partial charge is 0.311 e. The summed E-state index contributed by atoms with van der Waals surface area (Å²) in [5, 5.41) is 12.4. The molecule has 1 atom stereocenters. The van der Waals surface area contributed by atoms with E-state index in [9.17, 15) is 9.59 Å². The van der Waals surface area contributed by atoms with E-state index in [1.165, 1.54) is 18.3 Å². The van der Waals surface area contributed by atoms with Gasteiger partial charge in [-0.3, -0.25) is 9.59 Å². The third-order valence-electron chi connectivity index (χ3n) is 4.14. The predicted octanol–water partition coefficient (Wildman–Crippen LogP) is 3.64. The van der Waals surface area contributed by atoms with Gasteiger partial charge in [0.05, 0.1) is 12.5 Å². The number of aromatic nitrogens is 2. The number of amides is 2. The molecule has 136 valence electrons. The Kier molecular flexibility index (Phi) is 5.46. The fourth-order valence-electron chi connectivity index (χ4n) is 2.99. The maximum absolute atomic E-state index is 12.6. The Labute approximate surface area is 156 Å². The molecule has 1 aliphatic rings. The lowest BCUT2D eigenvalue weighted by Gasteiger charge is -2.32. The van der Waals surface area contributed by atoms with Crippen LogP contribution >= 0.6 is 11.3 Å². The number of anilines is 1. The van der Waals surface area contributed by atoms with Crippen molar-refractivity contribution in [2.75, 3.05) is 5.32 Å². The van der Waals surface area contributed by atoms with Gasteiger partial charge in [-0.15, -0.1) is 10.2 Å². The van der Waals surface area contributed by atoms with Crippen LogP contribution in [0.5, 0.6) is 0 Å². The fraction of sp³-hybridized carbons (Fsp3) is 0.368. The third kappa shape index (κ3) is 4.16. The van der Waals surface area contributed by atoms with Gasteiger partial charge in [0.1, 0.15) is 5.01 Å². The standard InChI is InChI=1S/C19H22N4O2S/c1-12(2)10-18-21-22-19(26-18)20-17(25)11-16-15-7-5-4-6-14(15)8-9-23(16)13(3)24/h4-9,12,16H,10-11H2,1-3H3,(H,20,22,25). The monoisotopic (exact) mass is 370 g/mol. The number of benzene rings is 1. The van der Waals surface area contributed by atoms with E-state index < -0.39 is 0 Å². The lowest BCUT2D eigenvalue weighted by Crippen LogP contribution is -2.33. The Morgan fingerprint density at radius 1 is 1.27 bits per heavy atom. The van der Waals surface area contributed by atoms with Crippen LogP contribution in [0.1, 0.15) is 49.4 Å². The highest BCUT2D eigenvalue weighted by molar-refractivity contribution is 7.15. The number of rotatable bonds is 5. The van der Waals surface area contributed by atoms with Crippen LogP contribution in [0.4, 0.5) is 5.13 Å². The molecule has 2 amide bonds. The molecule has 0 aliphatic carbocycles. The molecule has 1 aromatic carbocycles. The molecule has 0 bridgehead atoms. The Hall–Kier alpha value is -2.54. The van der Waals surface area contributed by atoms with Gasteiger partial charge >= 0.3 is 0 Å². The number of hydrogen-bond acceptors (Lipinski definition) is 5. The van der Waals surface area contributed by atoms with Crippen molar-refractivity contribution in [1.82, 2.24) is 15.1 Å². The first-order valence-electron chi connectivity index (χ1n) is 8.62. The van der Waals surface area contributed by atoms with Crippen LogP contribution < -0.4 is 5.32 Å². The quantitative estimate of drug-likeness (QED) is 0.872. The highest BCUT2D eigenvalue weighted by Gasteiger charge is 2.28. The van der Waals surface area contributed by atoms with Crippen LogP contribution in [0.25, 0.3) is 6.08 Å². The maximum Gasteiger partial charge on any atom is 0.228 e. The summed E-state index contributed by atoms with van der Waals surface area (Å²) >= 11 is 1.40. The van der Waals surface area contributed by atoms with E-state index >= 15 is 0 Å². The Bertz CT molecular complexity index is 844. The van der Waals surface area contributed by atoms with Crippen molar-refractivity contribution in [2.24, 2.45) is 5.92 Å². The number of nitrogens with zero attached hydrogens (tertiary/aromatic N) is 3. The highest BCUT2D eigenvalue weighted by Crippen LogP contribution is 2.33. The summed E-state index contributed by atoms with van der Waals surface area (Å²) in [6.07, 6.45) is 4.65. The average molecular weight is 370 g/mol. The van der Waals surface area contributed by atoms with E-state index in [4.69, 9.17) is 0 Å². The molecule has 6 nitrogen and oxygen atoms in total. The molecule has 3 rings (SSSR count). The molecule has 1 aliphatic heterocycles. The molecule has 0 fully saturated rings. The van der Waals surface area contributed by atoms with Crippen molar-refractivity contribution in [2.45, 2.75) is 39.7 Å². The molecule has 1 N–H and O–H groups in total. The molecule has 0 radical (unpaired) electrons. The van der Waals surface area contributed by atoms with Gasteiger partial charge in [-0.1, -0.05) is 49.4 Å². The number of fused-ring (bicyclic) bond motifs is 1. The Morgan fingerprint density at radius 2 is 2.04 bits per heavy atom. The average Bonchev–Trinajstić information content (AvgIpc) is 3.00. The zero-order valence-electron chi connectivity index (χ0n) is 15.1. The van der Waals surface area contributed by atoms with Gasteiger partial charge in [-0.25, -0.2) is 0 Å². The molecular formula is C19H22N4O2S. The zero-order valence-corrected chi connectivity index (χ0v) is 15.9. The summed E-state index contributed by atoms with van der Waals surface area (Å²) in [7, 11) is 0. The molecule has 2 heterocycles. The smallest absolute Gasteiger partial charge is 0.228 e. The van der Waals surface area contributed by atoms with Crippen LogP contribution in [-0.2, 0) is 16.0 Å². The van der Waals surface area contributed by atoms with E-state index in [1.807, 2.05) is 30.3 Å². The number of hydrogen-bond donors (Lipinski definition) is 1. The first kappa shape index (κ1) is 18.3. The van der Waals surface area contributed by atoms with Gasteiger partial charge in [0.25, 0.3) is 0 Å². The zero-order chi connectivity index (χ0) is 18.7. The third-order valence-corrected chi connectivity index (χ3v) is 5.00. The van der Waals surface area contributed by atoms with Gasteiger partial charge in [0.15, 0.2) is 0 Å². The lowest BCUT2D eigenvalue weighted by atomic mass is 9.93. The molecule has 0 saturated carbocycles. The van der Waals surface area contributed by atoms with E-state index in [1.54, 1.807) is 11.1 Å². The van der Waals surface area contributed by atoms with Gasteiger partial charge in [0.2, 0.25) is 16.9 Å². The van der Waals surface area contributed by atoms with Crippen molar-refractivity contribution in [3.05, 3.63) is 46.6 Å². The van der Waals surface area contributed by atoms with Gasteiger partial charge in [-0.2, -0.15) is 0 Å². The van der Waals surface area contributed by atoms with Gasteiger partial charge in [-0.05, 0) is 23.1 Å². The van der Waals surface area contributed by atoms with Gasteiger partial charge in [0, 0.05) is 19.5 Å². The van der Waals surface area contributed by atoms with Crippen molar-refractivity contribution < 1.29 is 9.59 Å². The first-order chi connectivity index (χ1) is 12.4. The molecule has 7 heteroatoms. The molecule has 1 aromatic heterocycles. The topological polar surface area (TPSA) is 75.2 Å².